The largest absolute Gasteiger partial charge is 0.381 e. The molecule has 0 radical (unpaired) electrons. The molecule has 1 aromatic rings. The van der Waals surface area contributed by atoms with Gasteiger partial charge in [0.2, 0.25) is 0 Å². The smallest absolute Gasteiger partial charge is 0.158 e. The number of nitrogens with zero attached hydrogens (tertiary/aromatic N) is 3. The Bertz CT molecular complexity index is 395. The molecule has 0 atom stereocenters. The Labute approximate surface area is 120 Å². The maximum Gasteiger partial charge on any atom is 0.158 e. The molecule has 2 rings (SSSR count). The van der Waals surface area contributed by atoms with Crippen molar-refractivity contribution in [3.8, 4) is 0 Å². The van der Waals surface area contributed by atoms with E-state index in [2.05, 4.69) is 27.1 Å². The third-order valence-corrected chi connectivity index (χ3v) is 3.49. The van der Waals surface area contributed by atoms with Gasteiger partial charge in [-0.15, -0.1) is 0 Å². The number of rotatable bonds is 6. The number of nitrogens with one attached hydrogen (secondary N) is 1. The summed E-state index contributed by atoms with van der Waals surface area (Å²) in [6.45, 7) is 5.26. The van der Waals surface area contributed by atoms with E-state index in [-0.39, 0.29) is 0 Å². The molecule has 1 aromatic heterocycles. The minimum Gasteiger partial charge on any atom is -0.381 e. The van der Waals surface area contributed by atoms with Crippen LogP contribution in [0, 0.1) is 0 Å². The maximum absolute atomic E-state index is 5.41. The molecule has 0 spiro atoms. The van der Waals surface area contributed by atoms with Crippen molar-refractivity contribution in [1.82, 2.24) is 9.97 Å². The van der Waals surface area contributed by atoms with Crippen LogP contribution in [-0.2, 0) is 16.1 Å². The Kier molecular flexibility index (Phi) is 5.55. The van der Waals surface area contributed by atoms with E-state index in [0.29, 0.717) is 12.7 Å². The van der Waals surface area contributed by atoms with Gasteiger partial charge in [0, 0.05) is 39.9 Å². The van der Waals surface area contributed by atoms with Crippen LogP contribution in [0.15, 0.2) is 6.07 Å². The van der Waals surface area contributed by atoms with Crippen molar-refractivity contribution in [2.45, 2.75) is 32.5 Å². The highest BCUT2D eigenvalue weighted by Crippen LogP contribution is 2.21. The van der Waals surface area contributed by atoms with E-state index in [1.807, 2.05) is 6.07 Å². The number of piperidine rings is 1. The zero-order valence-electron chi connectivity index (χ0n) is 12.6. The number of hydrogen-bond acceptors (Lipinski definition) is 6. The predicted octanol–water partition coefficient (Wildman–Crippen LogP) is 1.67. The quantitative estimate of drug-likeness (QED) is 0.855. The molecule has 6 heteroatoms. The molecular weight excluding hydrogens is 256 g/mol. The van der Waals surface area contributed by atoms with Crippen LogP contribution in [0.1, 0.15) is 25.6 Å². The molecule has 1 aliphatic heterocycles. The van der Waals surface area contributed by atoms with E-state index in [1.54, 1.807) is 14.2 Å². The minimum atomic E-state index is 0.375. The molecule has 112 valence electrons. The van der Waals surface area contributed by atoms with E-state index in [9.17, 15) is 0 Å². The van der Waals surface area contributed by atoms with Crippen LogP contribution in [0.2, 0.25) is 0 Å². The molecule has 2 heterocycles. The SMILES string of the molecule is CCNc1cc(N2CCC(OC)CC2)nc(COC)n1. The van der Waals surface area contributed by atoms with Crippen molar-refractivity contribution in [1.29, 1.82) is 0 Å². The molecule has 0 aliphatic carbocycles. The summed E-state index contributed by atoms with van der Waals surface area (Å²) in [6, 6.07) is 2.01. The highest BCUT2D eigenvalue weighted by Gasteiger charge is 2.20. The van der Waals surface area contributed by atoms with Crippen LogP contribution in [0.3, 0.4) is 0 Å². The molecule has 6 nitrogen and oxygen atoms in total. The van der Waals surface area contributed by atoms with E-state index >= 15 is 0 Å². The van der Waals surface area contributed by atoms with Gasteiger partial charge >= 0.3 is 0 Å². The summed E-state index contributed by atoms with van der Waals surface area (Å²) in [6.07, 6.45) is 2.45. The summed E-state index contributed by atoms with van der Waals surface area (Å²) in [5.41, 5.74) is 0. The molecule has 0 amide bonds. The van der Waals surface area contributed by atoms with Gasteiger partial charge in [-0.25, -0.2) is 9.97 Å². The number of hydrogen-bond donors (Lipinski definition) is 1. The zero-order valence-corrected chi connectivity index (χ0v) is 12.6. The van der Waals surface area contributed by atoms with Crippen molar-refractivity contribution in [3.05, 3.63) is 11.9 Å². The van der Waals surface area contributed by atoms with E-state index in [0.717, 1.165) is 49.9 Å². The summed E-state index contributed by atoms with van der Waals surface area (Å²) in [4.78, 5) is 11.3. The van der Waals surface area contributed by atoms with Crippen molar-refractivity contribution >= 4 is 11.6 Å². The topological polar surface area (TPSA) is 59.5 Å². The first kappa shape index (κ1) is 15.0. The Morgan fingerprint density at radius 2 is 2.05 bits per heavy atom. The summed E-state index contributed by atoms with van der Waals surface area (Å²) in [7, 11) is 3.44. The highest BCUT2D eigenvalue weighted by molar-refractivity contribution is 5.49. The fourth-order valence-electron chi connectivity index (χ4n) is 2.43. The van der Waals surface area contributed by atoms with Gasteiger partial charge in [-0.1, -0.05) is 0 Å². The first-order valence-corrected chi connectivity index (χ1v) is 7.15. The van der Waals surface area contributed by atoms with Crippen LogP contribution >= 0.6 is 0 Å². The van der Waals surface area contributed by atoms with Crippen LogP contribution < -0.4 is 10.2 Å². The Morgan fingerprint density at radius 1 is 1.30 bits per heavy atom. The van der Waals surface area contributed by atoms with Gasteiger partial charge in [0.1, 0.15) is 18.2 Å². The van der Waals surface area contributed by atoms with Crippen LogP contribution in [0.25, 0.3) is 0 Å². The predicted molar refractivity (Wildman–Crippen MR) is 79.2 cm³/mol. The third-order valence-electron chi connectivity index (χ3n) is 3.49. The third kappa shape index (κ3) is 3.80. The monoisotopic (exact) mass is 280 g/mol. The van der Waals surface area contributed by atoms with Gasteiger partial charge in [0.05, 0.1) is 6.10 Å². The molecule has 20 heavy (non-hydrogen) atoms. The standard InChI is InChI=1S/C14H24N4O2/c1-4-15-12-9-14(17-13(16-12)10-19-2)18-7-5-11(20-3)6-8-18/h9,11H,4-8,10H2,1-3H3,(H,15,16,17). The van der Waals surface area contributed by atoms with Gasteiger partial charge < -0.3 is 19.7 Å². The fourth-order valence-corrected chi connectivity index (χ4v) is 2.43. The van der Waals surface area contributed by atoms with Crippen molar-refractivity contribution in [3.63, 3.8) is 0 Å². The molecule has 1 N–H and O–H groups in total. The molecule has 0 bridgehead atoms. The van der Waals surface area contributed by atoms with Crippen molar-refractivity contribution in [2.75, 3.05) is 44.1 Å². The second-order valence-electron chi connectivity index (χ2n) is 4.91. The van der Waals surface area contributed by atoms with Gasteiger partial charge in [-0.2, -0.15) is 0 Å². The zero-order chi connectivity index (χ0) is 14.4. The Hall–Kier alpha value is -1.40. The van der Waals surface area contributed by atoms with Crippen molar-refractivity contribution in [2.24, 2.45) is 0 Å². The number of methoxy groups -OCH3 is 2. The average molecular weight is 280 g/mol. The Morgan fingerprint density at radius 3 is 2.65 bits per heavy atom. The lowest BCUT2D eigenvalue weighted by molar-refractivity contribution is 0.0817. The number of aromatic nitrogens is 2. The van der Waals surface area contributed by atoms with Crippen LogP contribution in [-0.4, -0.2) is 49.9 Å². The Balaban J connectivity index is 2.13. The molecular formula is C14H24N4O2. The van der Waals surface area contributed by atoms with Gasteiger partial charge in [-0.05, 0) is 19.8 Å². The normalized spacial score (nSPS) is 16.4. The molecule has 0 unspecified atom stereocenters. The summed E-state index contributed by atoms with van der Waals surface area (Å²) >= 11 is 0. The van der Waals surface area contributed by atoms with E-state index in [1.165, 1.54) is 0 Å². The van der Waals surface area contributed by atoms with E-state index in [4.69, 9.17) is 9.47 Å². The lowest BCUT2D eigenvalue weighted by Crippen LogP contribution is -2.37. The molecule has 0 aromatic carbocycles. The minimum absolute atomic E-state index is 0.375. The molecule has 1 aliphatic rings. The maximum atomic E-state index is 5.41. The number of ether oxygens (including phenoxy) is 2. The molecule has 1 fully saturated rings. The molecule has 1 saturated heterocycles. The van der Waals surface area contributed by atoms with Gasteiger partial charge in [-0.3, -0.25) is 0 Å². The summed E-state index contributed by atoms with van der Waals surface area (Å²) in [5, 5.41) is 3.25. The first-order valence-electron chi connectivity index (χ1n) is 7.15. The second kappa shape index (κ2) is 7.40. The number of anilines is 2. The fraction of sp³-hybridized carbons (Fsp3) is 0.714. The lowest BCUT2D eigenvalue weighted by atomic mass is 10.1. The first-order chi connectivity index (χ1) is 9.76. The van der Waals surface area contributed by atoms with Gasteiger partial charge in [0.15, 0.2) is 5.82 Å². The highest BCUT2D eigenvalue weighted by atomic mass is 16.5. The van der Waals surface area contributed by atoms with E-state index < -0.39 is 0 Å². The average Bonchev–Trinajstić information content (AvgIpc) is 2.48. The van der Waals surface area contributed by atoms with Crippen LogP contribution in [0.4, 0.5) is 11.6 Å². The van der Waals surface area contributed by atoms with Crippen LogP contribution in [0.5, 0.6) is 0 Å². The second-order valence-corrected chi connectivity index (χ2v) is 4.91. The summed E-state index contributed by atoms with van der Waals surface area (Å²) < 4.78 is 10.6. The lowest BCUT2D eigenvalue weighted by Gasteiger charge is -2.32. The van der Waals surface area contributed by atoms with Crippen molar-refractivity contribution < 1.29 is 9.47 Å². The van der Waals surface area contributed by atoms with Gasteiger partial charge in [0.25, 0.3) is 0 Å². The summed E-state index contributed by atoms with van der Waals surface area (Å²) in [5.74, 6) is 2.55. The molecule has 0 saturated carbocycles.